The van der Waals surface area contributed by atoms with Crippen molar-refractivity contribution in [1.82, 2.24) is 5.32 Å². The monoisotopic (exact) mass is 248 g/mol. The van der Waals surface area contributed by atoms with Crippen LogP contribution in [0, 0.1) is 34.5 Å². The van der Waals surface area contributed by atoms with Gasteiger partial charge in [-0.2, -0.15) is 5.26 Å². The third kappa shape index (κ3) is 2.25. The first-order chi connectivity index (χ1) is 8.48. The average molecular weight is 248 g/mol. The second-order valence-electron chi connectivity index (χ2n) is 6.55. The molecular formula is C15H24N2O. The van der Waals surface area contributed by atoms with Crippen molar-refractivity contribution >= 4 is 5.91 Å². The Morgan fingerprint density at radius 1 is 1.28 bits per heavy atom. The van der Waals surface area contributed by atoms with Gasteiger partial charge in [-0.15, -0.1) is 0 Å². The topological polar surface area (TPSA) is 52.9 Å². The van der Waals surface area contributed by atoms with E-state index < -0.39 is 5.41 Å². The molecule has 3 nitrogen and oxygen atoms in total. The molecular weight excluding hydrogens is 224 g/mol. The molecule has 2 rings (SSSR count). The molecule has 0 aromatic carbocycles. The zero-order chi connectivity index (χ0) is 13.3. The summed E-state index contributed by atoms with van der Waals surface area (Å²) in [5, 5.41) is 12.4. The Balaban J connectivity index is 1.97. The lowest BCUT2D eigenvalue weighted by Crippen LogP contribution is -2.53. The number of amides is 1. The lowest BCUT2D eigenvalue weighted by molar-refractivity contribution is -0.135. The molecule has 0 heterocycles. The van der Waals surface area contributed by atoms with Crippen molar-refractivity contribution in [3.8, 4) is 6.07 Å². The van der Waals surface area contributed by atoms with Crippen LogP contribution in [-0.4, -0.2) is 11.9 Å². The highest BCUT2D eigenvalue weighted by Gasteiger charge is 2.49. The molecule has 2 fully saturated rings. The number of hydrogen-bond acceptors (Lipinski definition) is 2. The van der Waals surface area contributed by atoms with Gasteiger partial charge in [0.15, 0.2) is 0 Å². The number of rotatable bonds is 2. The average Bonchev–Trinajstić information content (AvgIpc) is 2.30. The molecule has 0 spiro atoms. The minimum atomic E-state index is -0.722. The summed E-state index contributed by atoms with van der Waals surface area (Å²) in [6.45, 7) is 6.58. The first-order valence-electron chi connectivity index (χ1n) is 7.21. The summed E-state index contributed by atoms with van der Waals surface area (Å²) in [7, 11) is 0. The molecule has 1 N–H and O–H groups in total. The fraction of sp³-hybridized carbons (Fsp3) is 0.867. The van der Waals surface area contributed by atoms with Crippen LogP contribution in [0.3, 0.4) is 0 Å². The predicted molar refractivity (Wildman–Crippen MR) is 70.6 cm³/mol. The number of nitrogens with zero attached hydrogens (tertiary/aromatic N) is 1. The molecule has 3 unspecified atom stereocenters. The molecule has 0 saturated heterocycles. The van der Waals surface area contributed by atoms with Crippen LogP contribution in [0.4, 0.5) is 0 Å². The van der Waals surface area contributed by atoms with Crippen molar-refractivity contribution in [2.24, 2.45) is 23.2 Å². The number of nitrogens with one attached hydrogen (secondary N) is 1. The highest BCUT2D eigenvalue weighted by Crippen LogP contribution is 2.45. The Morgan fingerprint density at radius 2 is 1.94 bits per heavy atom. The van der Waals surface area contributed by atoms with Crippen molar-refractivity contribution in [3.63, 3.8) is 0 Å². The van der Waals surface area contributed by atoms with Crippen molar-refractivity contribution < 1.29 is 4.79 Å². The van der Waals surface area contributed by atoms with Crippen molar-refractivity contribution in [3.05, 3.63) is 0 Å². The summed E-state index contributed by atoms with van der Waals surface area (Å²) in [6.07, 6.45) is 4.96. The Morgan fingerprint density at radius 3 is 2.50 bits per heavy atom. The third-order valence-electron chi connectivity index (χ3n) is 5.07. The maximum atomic E-state index is 12.3. The number of hydrogen-bond donors (Lipinski definition) is 1. The van der Waals surface area contributed by atoms with Crippen LogP contribution >= 0.6 is 0 Å². The minimum absolute atomic E-state index is 0.0194. The van der Waals surface area contributed by atoms with Crippen molar-refractivity contribution in [2.75, 3.05) is 0 Å². The van der Waals surface area contributed by atoms with E-state index in [-0.39, 0.29) is 11.9 Å². The summed E-state index contributed by atoms with van der Waals surface area (Å²) in [5.41, 5.74) is -0.722. The van der Waals surface area contributed by atoms with Gasteiger partial charge in [0.1, 0.15) is 5.41 Å². The molecule has 100 valence electrons. The summed E-state index contributed by atoms with van der Waals surface area (Å²) >= 11 is 0. The molecule has 3 atom stereocenters. The van der Waals surface area contributed by atoms with Crippen LogP contribution in [0.25, 0.3) is 0 Å². The Hall–Kier alpha value is -1.04. The Bertz CT molecular complexity index is 365. The summed E-state index contributed by atoms with van der Waals surface area (Å²) in [4.78, 5) is 12.3. The van der Waals surface area contributed by atoms with Crippen LogP contribution < -0.4 is 5.32 Å². The van der Waals surface area contributed by atoms with E-state index in [9.17, 15) is 10.1 Å². The third-order valence-corrected chi connectivity index (χ3v) is 5.07. The van der Waals surface area contributed by atoms with Gasteiger partial charge < -0.3 is 5.32 Å². The Labute approximate surface area is 110 Å². The van der Waals surface area contributed by atoms with E-state index in [1.165, 1.54) is 12.8 Å². The minimum Gasteiger partial charge on any atom is -0.352 e. The Kier molecular flexibility index (Phi) is 3.66. The van der Waals surface area contributed by atoms with Gasteiger partial charge in [0, 0.05) is 6.04 Å². The first kappa shape index (κ1) is 13.4. The molecule has 2 saturated carbocycles. The lowest BCUT2D eigenvalue weighted by atomic mass is 9.62. The molecule has 0 aromatic heterocycles. The zero-order valence-corrected chi connectivity index (χ0v) is 11.7. The molecule has 0 bridgehead atoms. The van der Waals surface area contributed by atoms with E-state index in [2.05, 4.69) is 32.2 Å². The second-order valence-corrected chi connectivity index (χ2v) is 6.55. The maximum absolute atomic E-state index is 12.3. The van der Waals surface area contributed by atoms with Gasteiger partial charge in [-0.25, -0.2) is 0 Å². The predicted octanol–water partition coefficient (Wildman–Crippen LogP) is 2.87. The molecule has 0 aromatic rings. The van der Waals surface area contributed by atoms with E-state index >= 15 is 0 Å². The van der Waals surface area contributed by atoms with Crippen LogP contribution in [0.2, 0.25) is 0 Å². The van der Waals surface area contributed by atoms with E-state index in [0.29, 0.717) is 17.8 Å². The second kappa shape index (κ2) is 4.91. The van der Waals surface area contributed by atoms with Crippen LogP contribution in [-0.2, 0) is 4.79 Å². The summed E-state index contributed by atoms with van der Waals surface area (Å²) in [6, 6.07) is 2.51. The van der Waals surface area contributed by atoms with Crippen LogP contribution in [0.5, 0.6) is 0 Å². The van der Waals surface area contributed by atoms with Gasteiger partial charge in [-0.05, 0) is 37.0 Å². The highest BCUT2D eigenvalue weighted by molar-refractivity contribution is 5.86. The quantitative estimate of drug-likeness (QED) is 0.817. The van der Waals surface area contributed by atoms with Crippen LogP contribution in [0.15, 0.2) is 0 Å². The SMILES string of the molecule is CC1CC(C#N)(C(=O)NC2CCCC(C)C2C)C1. The fourth-order valence-corrected chi connectivity index (χ4v) is 3.55. The molecule has 18 heavy (non-hydrogen) atoms. The van der Waals surface area contributed by atoms with Gasteiger partial charge in [-0.3, -0.25) is 4.79 Å². The summed E-state index contributed by atoms with van der Waals surface area (Å²) < 4.78 is 0. The van der Waals surface area contributed by atoms with Crippen molar-refractivity contribution in [1.29, 1.82) is 5.26 Å². The molecule has 3 heteroatoms. The van der Waals surface area contributed by atoms with Gasteiger partial charge in [0.05, 0.1) is 6.07 Å². The number of carbonyl (C=O) groups is 1. The maximum Gasteiger partial charge on any atom is 0.240 e. The van der Waals surface area contributed by atoms with E-state index in [1.54, 1.807) is 0 Å². The fourth-order valence-electron chi connectivity index (χ4n) is 3.55. The largest absolute Gasteiger partial charge is 0.352 e. The van der Waals surface area contributed by atoms with Gasteiger partial charge in [0.25, 0.3) is 0 Å². The van der Waals surface area contributed by atoms with Crippen molar-refractivity contribution in [2.45, 2.75) is 58.9 Å². The smallest absolute Gasteiger partial charge is 0.240 e. The molecule has 2 aliphatic carbocycles. The van der Waals surface area contributed by atoms with Gasteiger partial charge in [0.2, 0.25) is 5.91 Å². The van der Waals surface area contributed by atoms with Gasteiger partial charge >= 0.3 is 0 Å². The first-order valence-corrected chi connectivity index (χ1v) is 7.21. The molecule has 1 amide bonds. The highest BCUT2D eigenvalue weighted by atomic mass is 16.2. The normalized spacial score (nSPS) is 43.7. The molecule has 2 aliphatic rings. The standard InChI is InChI=1S/C15H24N2O/c1-10-7-15(8-10,9-16)14(18)17-13-6-4-5-11(2)12(13)3/h10-13H,4-8H2,1-3H3,(H,17,18). The van der Waals surface area contributed by atoms with E-state index in [0.717, 1.165) is 19.3 Å². The molecule has 0 aliphatic heterocycles. The van der Waals surface area contributed by atoms with E-state index in [1.807, 2.05) is 0 Å². The number of carbonyl (C=O) groups excluding carboxylic acids is 1. The lowest BCUT2D eigenvalue weighted by Gasteiger charge is -2.42. The zero-order valence-electron chi connectivity index (χ0n) is 11.7. The van der Waals surface area contributed by atoms with Gasteiger partial charge in [-0.1, -0.05) is 33.6 Å². The number of nitriles is 1. The van der Waals surface area contributed by atoms with Crippen LogP contribution in [0.1, 0.15) is 52.9 Å². The summed E-state index contributed by atoms with van der Waals surface area (Å²) in [5.74, 6) is 1.69. The molecule has 0 radical (unpaired) electrons. The van der Waals surface area contributed by atoms with E-state index in [4.69, 9.17) is 0 Å².